The van der Waals surface area contributed by atoms with Gasteiger partial charge in [0, 0.05) is 22.4 Å². The van der Waals surface area contributed by atoms with Gasteiger partial charge in [-0.15, -0.1) is 0 Å². The van der Waals surface area contributed by atoms with Gasteiger partial charge in [0.1, 0.15) is 0 Å². The molecule has 3 nitrogen and oxygen atoms in total. The summed E-state index contributed by atoms with van der Waals surface area (Å²) in [7, 11) is 0. The Morgan fingerprint density at radius 2 is 2.28 bits per heavy atom. The summed E-state index contributed by atoms with van der Waals surface area (Å²) in [6.45, 7) is 0. The van der Waals surface area contributed by atoms with Crippen LogP contribution in [0.4, 0.5) is 5.82 Å². The molecule has 0 spiro atoms. The van der Waals surface area contributed by atoms with Gasteiger partial charge in [-0.2, -0.15) is 11.8 Å². The quantitative estimate of drug-likeness (QED) is 0.909. The second kappa shape index (κ2) is 4.86. The molecule has 1 unspecified atom stereocenters. The number of benzene rings is 1. The molecule has 5 heteroatoms. The first-order valence-corrected chi connectivity index (χ1v) is 7.37. The van der Waals surface area contributed by atoms with E-state index in [1.807, 2.05) is 23.9 Å². The number of halogens is 1. The van der Waals surface area contributed by atoms with Crippen molar-refractivity contribution >= 4 is 29.2 Å². The Kier molecular flexibility index (Phi) is 3.22. The van der Waals surface area contributed by atoms with Crippen molar-refractivity contribution in [1.29, 1.82) is 0 Å². The molecule has 0 saturated carbocycles. The van der Waals surface area contributed by atoms with Gasteiger partial charge in [-0.3, -0.25) is 0 Å². The maximum Gasteiger partial charge on any atom is 0.169 e. The van der Waals surface area contributed by atoms with E-state index >= 15 is 0 Å². The molecule has 3 rings (SSSR count). The Hall–Kier alpha value is -1.13. The van der Waals surface area contributed by atoms with Gasteiger partial charge in [0.25, 0.3) is 0 Å². The number of thioether (sulfide) groups is 1. The lowest BCUT2D eigenvalue weighted by Gasteiger charge is -2.11. The second-order valence-corrected chi connectivity index (χ2v) is 5.97. The predicted molar refractivity (Wildman–Crippen MR) is 76.0 cm³/mol. The van der Waals surface area contributed by atoms with Crippen molar-refractivity contribution in [2.45, 2.75) is 12.3 Å². The first-order chi connectivity index (χ1) is 8.74. The van der Waals surface area contributed by atoms with E-state index in [1.54, 1.807) is 6.07 Å². The minimum atomic E-state index is 0.386. The Morgan fingerprint density at radius 1 is 1.39 bits per heavy atom. The van der Waals surface area contributed by atoms with Gasteiger partial charge in [0.2, 0.25) is 0 Å². The number of nitrogens with zero attached hydrogens (tertiary/aromatic N) is 1. The van der Waals surface area contributed by atoms with Gasteiger partial charge < -0.3 is 10.3 Å². The summed E-state index contributed by atoms with van der Waals surface area (Å²) in [5.74, 6) is 4.01. The average molecular weight is 281 g/mol. The van der Waals surface area contributed by atoms with Gasteiger partial charge in [-0.1, -0.05) is 28.9 Å². The van der Waals surface area contributed by atoms with E-state index in [-0.39, 0.29) is 0 Å². The van der Waals surface area contributed by atoms with Crippen molar-refractivity contribution in [2.75, 3.05) is 17.2 Å². The van der Waals surface area contributed by atoms with Gasteiger partial charge >= 0.3 is 0 Å². The SMILES string of the molecule is Nc1cc(-c2ccc(C3CCSC3)c(Cl)c2)on1. The minimum absolute atomic E-state index is 0.386. The predicted octanol–water partition coefficient (Wildman–Crippen LogP) is 3.80. The second-order valence-electron chi connectivity index (χ2n) is 4.41. The molecule has 0 radical (unpaired) electrons. The third-order valence-electron chi connectivity index (χ3n) is 3.18. The molecule has 1 aliphatic heterocycles. The Morgan fingerprint density at radius 3 is 2.89 bits per heavy atom. The van der Waals surface area contributed by atoms with E-state index in [4.69, 9.17) is 21.9 Å². The van der Waals surface area contributed by atoms with Crippen molar-refractivity contribution in [3.05, 3.63) is 34.9 Å². The van der Waals surface area contributed by atoms with E-state index in [1.165, 1.54) is 17.7 Å². The lowest BCUT2D eigenvalue weighted by Crippen LogP contribution is -1.97. The zero-order valence-electron chi connectivity index (χ0n) is 9.73. The van der Waals surface area contributed by atoms with Crippen LogP contribution in [-0.4, -0.2) is 16.7 Å². The van der Waals surface area contributed by atoms with Crippen LogP contribution in [0.15, 0.2) is 28.8 Å². The number of nitrogen functional groups attached to an aromatic ring is 1. The zero-order valence-corrected chi connectivity index (χ0v) is 11.3. The van der Waals surface area contributed by atoms with Gasteiger partial charge in [-0.05, 0) is 29.7 Å². The maximum atomic E-state index is 6.36. The minimum Gasteiger partial charge on any atom is -0.381 e. The molecule has 94 valence electrons. The molecule has 1 fully saturated rings. The summed E-state index contributed by atoms with van der Waals surface area (Å²) < 4.78 is 5.13. The first-order valence-electron chi connectivity index (χ1n) is 5.84. The monoisotopic (exact) mass is 280 g/mol. The van der Waals surface area contributed by atoms with Crippen molar-refractivity contribution < 1.29 is 4.52 Å². The molecule has 1 atom stereocenters. The highest BCUT2D eigenvalue weighted by Gasteiger charge is 2.20. The molecule has 0 bridgehead atoms. The number of nitrogens with two attached hydrogens (primary N) is 1. The van der Waals surface area contributed by atoms with E-state index in [9.17, 15) is 0 Å². The number of hydrogen-bond donors (Lipinski definition) is 1. The summed E-state index contributed by atoms with van der Waals surface area (Å²) in [6.07, 6.45) is 1.21. The molecule has 0 amide bonds. The fraction of sp³-hybridized carbons (Fsp3) is 0.308. The first kappa shape index (κ1) is 11.9. The summed E-state index contributed by atoms with van der Waals surface area (Å²) in [5.41, 5.74) is 7.69. The normalized spacial score (nSPS) is 19.3. The van der Waals surface area contributed by atoms with Crippen molar-refractivity contribution in [3.63, 3.8) is 0 Å². The van der Waals surface area contributed by atoms with Crippen molar-refractivity contribution in [3.8, 4) is 11.3 Å². The summed E-state index contributed by atoms with van der Waals surface area (Å²) in [6, 6.07) is 7.74. The van der Waals surface area contributed by atoms with Gasteiger partial charge in [0.05, 0.1) is 0 Å². The third-order valence-corrected chi connectivity index (χ3v) is 4.67. The number of hydrogen-bond acceptors (Lipinski definition) is 4. The Bertz CT molecular complexity index is 564. The fourth-order valence-corrected chi connectivity index (χ4v) is 3.80. The highest BCUT2D eigenvalue weighted by molar-refractivity contribution is 7.99. The molecule has 2 aromatic rings. The molecule has 1 saturated heterocycles. The number of aromatic nitrogens is 1. The van der Waals surface area contributed by atoms with Crippen LogP contribution < -0.4 is 5.73 Å². The van der Waals surface area contributed by atoms with Gasteiger partial charge in [0.15, 0.2) is 11.6 Å². The average Bonchev–Trinajstić information content (AvgIpc) is 2.99. The summed E-state index contributed by atoms with van der Waals surface area (Å²) in [5, 5.41) is 4.48. The molecule has 2 N–H and O–H groups in total. The fourth-order valence-electron chi connectivity index (χ4n) is 2.22. The van der Waals surface area contributed by atoms with E-state index in [0.717, 1.165) is 16.3 Å². The molecule has 1 aliphatic rings. The largest absolute Gasteiger partial charge is 0.381 e. The van der Waals surface area contributed by atoms with E-state index in [0.29, 0.717) is 17.5 Å². The number of anilines is 1. The molecule has 2 heterocycles. The van der Waals surface area contributed by atoms with Crippen LogP contribution in [-0.2, 0) is 0 Å². The van der Waals surface area contributed by atoms with E-state index in [2.05, 4.69) is 11.2 Å². The summed E-state index contributed by atoms with van der Waals surface area (Å²) >= 11 is 8.35. The molecular formula is C13H13ClN2OS. The van der Waals surface area contributed by atoms with Gasteiger partial charge in [-0.25, -0.2) is 0 Å². The lowest BCUT2D eigenvalue weighted by molar-refractivity contribution is 0.436. The topological polar surface area (TPSA) is 52.0 Å². The Labute approximate surface area is 115 Å². The highest BCUT2D eigenvalue weighted by atomic mass is 35.5. The maximum absolute atomic E-state index is 6.36. The number of rotatable bonds is 2. The van der Waals surface area contributed by atoms with Crippen LogP contribution in [0, 0.1) is 0 Å². The van der Waals surface area contributed by atoms with Crippen molar-refractivity contribution in [1.82, 2.24) is 5.16 Å². The molecule has 1 aromatic heterocycles. The van der Waals surface area contributed by atoms with Crippen LogP contribution in [0.1, 0.15) is 17.9 Å². The molecule has 0 aliphatic carbocycles. The summed E-state index contributed by atoms with van der Waals surface area (Å²) in [4.78, 5) is 0. The standard InChI is InChI=1S/C13H13ClN2OS/c14-11-5-8(12-6-13(15)16-17-12)1-2-10(11)9-3-4-18-7-9/h1-2,5-6,9H,3-4,7H2,(H2,15,16). The molecule has 1 aromatic carbocycles. The van der Waals surface area contributed by atoms with E-state index < -0.39 is 0 Å². The zero-order chi connectivity index (χ0) is 12.5. The van der Waals surface area contributed by atoms with Crippen LogP contribution in [0.3, 0.4) is 0 Å². The Balaban J connectivity index is 1.93. The van der Waals surface area contributed by atoms with Crippen LogP contribution in [0.2, 0.25) is 5.02 Å². The highest BCUT2D eigenvalue weighted by Crippen LogP contribution is 2.37. The van der Waals surface area contributed by atoms with Crippen LogP contribution in [0.25, 0.3) is 11.3 Å². The van der Waals surface area contributed by atoms with Crippen LogP contribution in [0.5, 0.6) is 0 Å². The lowest BCUT2D eigenvalue weighted by atomic mass is 9.97. The molecule has 18 heavy (non-hydrogen) atoms. The molecular weight excluding hydrogens is 268 g/mol. The third kappa shape index (κ3) is 2.22. The van der Waals surface area contributed by atoms with Crippen molar-refractivity contribution in [2.24, 2.45) is 0 Å². The van der Waals surface area contributed by atoms with Crippen LogP contribution >= 0.6 is 23.4 Å². The smallest absolute Gasteiger partial charge is 0.169 e.